The second-order valence-electron chi connectivity index (χ2n) is 6.62. The molecule has 0 aliphatic carbocycles. The molecule has 0 spiro atoms. The average molecular weight is 300 g/mol. The van der Waals surface area contributed by atoms with Crippen LogP contribution in [0.25, 0.3) is 0 Å². The Morgan fingerprint density at radius 2 is 0.952 bits per heavy atom. The molecule has 0 aromatic heterocycles. The SMILES string of the molecule is CCCCCCCCCCCCN(C)CCCCCCO. The maximum Gasteiger partial charge on any atom is 0.0431 e. The largest absolute Gasteiger partial charge is 0.396 e. The number of rotatable bonds is 17. The van der Waals surface area contributed by atoms with Gasteiger partial charge in [-0.2, -0.15) is 0 Å². The van der Waals surface area contributed by atoms with Crippen LogP contribution in [0.5, 0.6) is 0 Å². The molecule has 0 fully saturated rings. The first kappa shape index (κ1) is 20.9. The van der Waals surface area contributed by atoms with Crippen LogP contribution < -0.4 is 0 Å². The van der Waals surface area contributed by atoms with Crippen molar-refractivity contribution >= 4 is 0 Å². The number of aliphatic hydroxyl groups excluding tert-OH is 1. The highest BCUT2D eigenvalue weighted by atomic mass is 16.2. The Bertz CT molecular complexity index is 184. The fourth-order valence-electron chi connectivity index (χ4n) is 2.83. The molecule has 0 bridgehead atoms. The van der Waals surface area contributed by atoms with E-state index in [0.29, 0.717) is 6.61 Å². The Balaban J connectivity index is 3.09. The van der Waals surface area contributed by atoms with E-state index in [1.54, 1.807) is 0 Å². The van der Waals surface area contributed by atoms with Crippen LogP contribution in [0.4, 0.5) is 0 Å². The molecule has 0 saturated heterocycles. The molecule has 128 valence electrons. The third-order valence-electron chi connectivity index (χ3n) is 4.34. The van der Waals surface area contributed by atoms with Crippen LogP contribution in [0.2, 0.25) is 0 Å². The molecule has 2 heteroatoms. The molecule has 0 aliphatic rings. The highest BCUT2D eigenvalue weighted by Gasteiger charge is 1.98. The van der Waals surface area contributed by atoms with Gasteiger partial charge in [-0.3, -0.25) is 0 Å². The quantitative estimate of drug-likeness (QED) is 0.364. The molecule has 21 heavy (non-hydrogen) atoms. The highest BCUT2D eigenvalue weighted by Crippen LogP contribution is 2.10. The van der Waals surface area contributed by atoms with Crippen molar-refractivity contribution in [3.05, 3.63) is 0 Å². The van der Waals surface area contributed by atoms with Crippen LogP contribution in [0.15, 0.2) is 0 Å². The molecule has 0 aliphatic heterocycles. The molecule has 0 amide bonds. The molecule has 0 radical (unpaired) electrons. The maximum absolute atomic E-state index is 8.72. The van der Waals surface area contributed by atoms with Gasteiger partial charge in [-0.1, -0.05) is 77.6 Å². The van der Waals surface area contributed by atoms with Crippen LogP contribution in [-0.2, 0) is 0 Å². The molecule has 0 rings (SSSR count). The van der Waals surface area contributed by atoms with Crippen molar-refractivity contribution in [1.82, 2.24) is 4.90 Å². The first-order valence-electron chi connectivity index (χ1n) is 9.60. The van der Waals surface area contributed by atoms with Crippen molar-refractivity contribution in [2.75, 3.05) is 26.7 Å². The van der Waals surface area contributed by atoms with E-state index >= 15 is 0 Å². The highest BCUT2D eigenvalue weighted by molar-refractivity contribution is 4.54. The summed E-state index contributed by atoms with van der Waals surface area (Å²) in [5, 5.41) is 8.72. The number of hydrogen-bond donors (Lipinski definition) is 1. The van der Waals surface area contributed by atoms with Gasteiger partial charge < -0.3 is 10.0 Å². The van der Waals surface area contributed by atoms with Crippen molar-refractivity contribution in [3.8, 4) is 0 Å². The molecule has 0 aromatic carbocycles. The minimum absolute atomic E-state index is 0.356. The number of unbranched alkanes of at least 4 members (excludes halogenated alkanes) is 12. The minimum atomic E-state index is 0.356. The van der Waals surface area contributed by atoms with Crippen molar-refractivity contribution in [3.63, 3.8) is 0 Å². The zero-order valence-electron chi connectivity index (χ0n) is 14.9. The van der Waals surface area contributed by atoms with Gasteiger partial charge >= 0.3 is 0 Å². The molecule has 0 heterocycles. The summed E-state index contributed by atoms with van der Waals surface area (Å²) >= 11 is 0. The Morgan fingerprint density at radius 3 is 1.38 bits per heavy atom. The van der Waals surface area contributed by atoms with E-state index in [1.807, 2.05) is 0 Å². The zero-order valence-corrected chi connectivity index (χ0v) is 14.9. The van der Waals surface area contributed by atoms with E-state index in [2.05, 4.69) is 18.9 Å². The summed E-state index contributed by atoms with van der Waals surface area (Å²) in [6, 6.07) is 0. The molecule has 2 nitrogen and oxygen atoms in total. The van der Waals surface area contributed by atoms with E-state index in [0.717, 1.165) is 6.42 Å². The summed E-state index contributed by atoms with van der Waals surface area (Å²) in [6.07, 6.45) is 18.9. The van der Waals surface area contributed by atoms with E-state index < -0.39 is 0 Å². The molecule has 0 aromatic rings. The van der Waals surface area contributed by atoms with Gasteiger partial charge in [0, 0.05) is 6.61 Å². The van der Waals surface area contributed by atoms with E-state index in [1.165, 1.54) is 96.6 Å². The third kappa shape index (κ3) is 17.9. The van der Waals surface area contributed by atoms with Crippen molar-refractivity contribution in [2.45, 2.75) is 96.8 Å². The smallest absolute Gasteiger partial charge is 0.0431 e. The molecule has 0 saturated carbocycles. The summed E-state index contributed by atoms with van der Waals surface area (Å²) < 4.78 is 0. The number of nitrogens with zero attached hydrogens (tertiary/aromatic N) is 1. The number of aliphatic hydroxyl groups is 1. The van der Waals surface area contributed by atoms with Crippen LogP contribution in [-0.4, -0.2) is 36.8 Å². The van der Waals surface area contributed by atoms with Gasteiger partial charge in [0.2, 0.25) is 0 Å². The van der Waals surface area contributed by atoms with Crippen molar-refractivity contribution < 1.29 is 5.11 Å². The summed E-state index contributed by atoms with van der Waals surface area (Å²) in [4.78, 5) is 2.48. The molecule has 0 atom stereocenters. The Morgan fingerprint density at radius 1 is 0.571 bits per heavy atom. The zero-order chi connectivity index (χ0) is 15.6. The summed E-state index contributed by atoms with van der Waals surface area (Å²) in [7, 11) is 2.25. The Kier molecular flexibility index (Phi) is 17.9. The van der Waals surface area contributed by atoms with Crippen molar-refractivity contribution in [1.29, 1.82) is 0 Å². The predicted octanol–water partition coefficient (Wildman–Crippen LogP) is 5.39. The van der Waals surface area contributed by atoms with Gasteiger partial charge in [-0.15, -0.1) is 0 Å². The maximum atomic E-state index is 8.72. The van der Waals surface area contributed by atoms with Gasteiger partial charge in [-0.05, 0) is 39.4 Å². The lowest BCUT2D eigenvalue weighted by Crippen LogP contribution is -2.20. The summed E-state index contributed by atoms with van der Waals surface area (Å²) in [6.45, 7) is 5.12. The van der Waals surface area contributed by atoms with Gasteiger partial charge in [0.25, 0.3) is 0 Å². The fourth-order valence-corrected chi connectivity index (χ4v) is 2.83. The normalized spacial score (nSPS) is 11.4. The van der Waals surface area contributed by atoms with Crippen LogP contribution >= 0.6 is 0 Å². The number of hydrogen-bond acceptors (Lipinski definition) is 2. The van der Waals surface area contributed by atoms with Crippen molar-refractivity contribution in [2.24, 2.45) is 0 Å². The first-order chi connectivity index (χ1) is 10.3. The van der Waals surface area contributed by atoms with Gasteiger partial charge in [0.1, 0.15) is 0 Å². The van der Waals surface area contributed by atoms with Gasteiger partial charge in [-0.25, -0.2) is 0 Å². The Hall–Kier alpha value is -0.0800. The van der Waals surface area contributed by atoms with Gasteiger partial charge in [0.05, 0.1) is 0 Å². The van der Waals surface area contributed by atoms with E-state index in [9.17, 15) is 0 Å². The summed E-state index contributed by atoms with van der Waals surface area (Å²) in [5.74, 6) is 0. The fraction of sp³-hybridized carbons (Fsp3) is 1.00. The van der Waals surface area contributed by atoms with Crippen LogP contribution in [0.3, 0.4) is 0 Å². The lowest BCUT2D eigenvalue weighted by Gasteiger charge is -2.16. The monoisotopic (exact) mass is 299 g/mol. The average Bonchev–Trinajstić information content (AvgIpc) is 2.49. The predicted molar refractivity (Wildman–Crippen MR) is 94.9 cm³/mol. The Labute approximate surface area is 134 Å². The molecule has 0 unspecified atom stereocenters. The lowest BCUT2D eigenvalue weighted by atomic mass is 10.1. The molecular formula is C19H41NO. The standard InChI is InChI=1S/C19H41NO/c1-3-4-5-6-7-8-9-10-11-14-17-20(2)18-15-12-13-16-19-21/h21H,3-19H2,1-2H3. The topological polar surface area (TPSA) is 23.5 Å². The third-order valence-corrected chi connectivity index (χ3v) is 4.34. The lowest BCUT2D eigenvalue weighted by molar-refractivity contribution is 0.277. The van der Waals surface area contributed by atoms with Gasteiger partial charge in [0.15, 0.2) is 0 Å². The first-order valence-corrected chi connectivity index (χ1v) is 9.60. The van der Waals surface area contributed by atoms with E-state index in [4.69, 9.17) is 5.11 Å². The van der Waals surface area contributed by atoms with E-state index in [-0.39, 0.29) is 0 Å². The second kappa shape index (κ2) is 18.0. The van der Waals surface area contributed by atoms with Crippen LogP contribution in [0, 0.1) is 0 Å². The summed E-state index contributed by atoms with van der Waals surface area (Å²) in [5.41, 5.74) is 0. The minimum Gasteiger partial charge on any atom is -0.396 e. The van der Waals surface area contributed by atoms with Crippen LogP contribution in [0.1, 0.15) is 96.8 Å². The molecular weight excluding hydrogens is 258 g/mol. The molecule has 1 N–H and O–H groups in total. The second-order valence-corrected chi connectivity index (χ2v) is 6.62.